The van der Waals surface area contributed by atoms with E-state index in [1.54, 1.807) is 6.07 Å². The predicted octanol–water partition coefficient (Wildman–Crippen LogP) is 2.51. The fourth-order valence-corrected chi connectivity index (χ4v) is 2.40. The summed E-state index contributed by atoms with van der Waals surface area (Å²) in [5.74, 6) is 0.0800. The Morgan fingerprint density at radius 3 is 2.83 bits per heavy atom. The number of nitrogens with zero attached hydrogens (tertiary/aromatic N) is 1. The molecule has 0 aliphatic carbocycles. The number of rotatable bonds is 4. The third kappa shape index (κ3) is 2.87. The number of carbonyl (C=O) groups excluding carboxylic acids is 1. The zero-order valence-electron chi connectivity index (χ0n) is 9.84. The highest BCUT2D eigenvalue weighted by atomic mass is 32.2. The summed E-state index contributed by atoms with van der Waals surface area (Å²) in [5, 5.41) is 0.485. The van der Waals surface area contributed by atoms with Crippen molar-refractivity contribution in [1.29, 1.82) is 0 Å². The number of Topliss-reactive ketones (excluding diaryl/α,β-unsaturated/α-hetero) is 1. The van der Waals surface area contributed by atoms with Gasteiger partial charge in [-0.25, -0.2) is 4.98 Å². The van der Waals surface area contributed by atoms with Crippen LogP contribution < -0.4 is 5.56 Å². The molecule has 1 heterocycles. The first kappa shape index (κ1) is 12.6. The number of nitrogens with one attached hydrogen (secondary N) is 1. The van der Waals surface area contributed by atoms with Gasteiger partial charge in [0.2, 0.25) is 0 Å². The largest absolute Gasteiger partial charge is 0.301 e. The zero-order chi connectivity index (χ0) is 13.0. The lowest BCUT2D eigenvalue weighted by Crippen LogP contribution is -2.05. The third-order valence-corrected chi connectivity index (χ3v) is 3.34. The number of hydrogen-bond donors (Lipinski definition) is 1. The van der Waals surface area contributed by atoms with E-state index in [9.17, 15) is 9.59 Å². The highest BCUT2D eigenvalue weighted by Crippen LogP contribution is 2.27. The van der Waals surface area contributed by atoms with Crippen LogP contribution in [0.1, 0.15) is 23.7 Å². The number of hydrogen-bond acceptors (Lipinski definition) is 4. The molecule has 0 saturated carbocycles. The van der Waals surface area contributed by atoms with Crippen LogP contribution in [0.4, 0.5) is 0 Å². The van der Waals surface area contributed by atoms with Gasteiger partial charge in [0, 0.05) is 29.1 Å². The first-order chi connectivity index (χ1) is 8.70. The van der Waals surface area contributed by atoms with Crippen molar-refractivity contribution in [1.82, 2.24) is 9.97 Å². The van der Waals surface area contributed by atoms with E-state index in [4.69, 9.17) is 0 Å². The van der Waals surface area contributed by atoms with Crippen LogP contribution in [0.5, 0.6) is 0 Å². The van der Waals surface area contributed by atoms with E-state index in [0.717, 1.165) is 4.90 Å². The molecule has 0 saturated heterocycles. The topological polar surface area (TPSA) is 62.8 Å². The highest BCUT2D eigenvalue weighted by Gasteiger charge is 2.10. The van der Waals surface area contributed by atoms with Crippen LogP contribution in [0, 0.1) is 0 Å². The molecule has 4 nitrogen and oxygen atoms in total. The Morgan fingerprint density at radius 1 is 1.33 bits per heavy atom. The molecule has 1 aromatic heterocycles. The minimum Gasteiger partial charge on any atom is -0.301 e. The predicted molar refractivity (Wildman–Crippen MR) is 70.0 cm³/mol. The summed E-state index contributed by atoms with van der Waals surface area (Å²) >= 11 is 1.28. The SMILES string of the molecule is CCC(=O)c1ccccc1Sc1nccc(=O)[nH]1. The third-order valence-electron chi connectivity index (χ3n) is 2.36. The van der Waals surface area contributed by atoms with E-state index in [-0.39, 0.29) is 11.3 Å². The molecule has 0 amide bonds. The molecule has 0 unspecified atom stereocenters. The van der Waals surface area contributed by atoms with E-state index in [1.807, 2.05) is 25.1 Å². The van der Waals surface area contributed by atoms with Gasteiger partial charge in [0.05, 0.1) is 0 Å². The van der Waals surface area contributed by atoms with Gasteiger partial charge in [-0.3, -0.25) is 9.59 Å². The molecule has 0 fully saturated rings. The Kier molecular flexibility index (Phi) is 3.94. The number of aromatic nitrogens is 2. The van der Waals surface area contributed by atoms with Gasteiger partial charge in [-0.15, -0.1) is 0 Å². The fourth-order valence-electron chi connectivity index (χ4n) is 1.48. The molecule has 0 spiro atoms. The molecule has 5 heteroatoms. The van der Waals surface area contributed by atoms with Crippen molar-refractivity contribution in [2.75, 3.05) is 0 Å². The van der Waals surface area contributed by atoms with Gasteiger partial charge in [0.25, 0.3) is 5.56 Å². The standard InChI is InChI=1S/C13H12N2O2S/c1-2-10(16)9-5-3-4-6-11(9)18-13-14-8-7-12(17)15-13/h3-8H,2H2,1H3,(H,14,15,17). The molecule has 0 aliphatic rings. The summed E-state index contributed by atoms with van der Waals surface area (Å²) in [7, 11) is 0. The van der Waals surface area contributed by atoms with Crippen molar-refractivity contribution in [3.8, 4) is 0 Å². The Balaban J connectivity index is 2.34. The summed E-state index contributed by atoms with van der Waals surface area (Å²) in [6.45, 7) is 1.83. The first-order valence-electron chi connectivity index (χ1n) is 5.56. The van der Waals surface area contributed by atoms with Crippen molar-refractivity contribution in [3.05, 3.63) is 52.4 Å². The van der Waals surface area contributed by atoms with Crippen LogP contribution in [0.15, 0.2) is 51.4 Å². The highest BCUT2D eigenvalue weighted by molar-refractivity contribution is 7.99. The first-order valence-corrected chi connectivity index (χ1v) is 6.37. The number of carbonyl (C=O) groups is 1. The van der Waals surface area contributed by atoms with Gasteiger partial charge >= 0.3 is 0 Å². The molecule has 1 aromatic carbocycles. The van der Waals surface area contributed by atoms with Crippen LogP contribution in [0.2, 0.25) is 0 Å². The average Bonchev–Trinajstić information content (AvgIpc) is 2.38. The fraction of sp³-hybridized carbons (Fsp3) is 0.154. The van der Waals surface area contributed by atoms with Crippen LogP contribution in [0.3, 0.4) is 0 Å². The molecule has 1 N–H and O–H groups in total. The van der Waals surface area contributed by atoms with E-state index in [0.29, 0.717) is 17.1 Å². The van der Waals surface area contributed by atoms with Gasteiger partial charge in [0.1, 0.15) is 0 Å². The molecular weight excluding hydrogens is 248 g/mol. The Morgan fingerprint density at radius 2 is 2.11 bits per heavy atom. The quantitative estimate of drug-likeness (QED) is 0.677. The minimum absolute atomic E-state index is 0.0800. The summed E-state index contributed by atoms with van der Waals surface area (Å²) in [6.07, 6.45) is 1.90. The number of benzene rings is 1. The number of aromatic amines is 1. The van der Waals surface area contributed by atoms with E-state index in [1.165, 1.54) is 24.0 Å². The lowest BCUT2D eigenvalue weighted by Gasteiger charge is -2.06. The van der Waals surface area contributed by atoms with Gasteiger partial charge < -0.3 is 4.98 Å². The van der Waals surface area contributed by atoms with Crippen LogP contribution in [-0.2, 0) is 0 Å². The maximum atomic E-state index is 11.8. The zero-order valence-corrected chi connectivity index (χ0v) is 10.7. The van der Waals surface area contributed by atoms with Gasteiger partial charge in [-0.1, -0.05) is 36.9 Å². The van der Waals surface area contributed by atoms with Gasteiger partial charge in [-0.2, -0.15) is 0 Å². The van der Waals surface area contributed by atoms with Crippen LogP contribution >= 0.6 is 11.8 Å². The Bertz CT molecular complexity index is 622. The van der Waals surface area contributed by atoms with Crippen molar-refractivity contribution in [2.45, 2.75) is 23.4 Å². The van der Waals surface area contributed by atoms with Crippen molar-refractivity contribution in [2.24, 2.45) is 0 Å². The smallest absolute Gasteiger partial charge is 0.251 e. The number of ketones is 1. The van der Waals surface area contributed by atoms with E-state index in [2.05, 4.69) is 9.97 Å². The normalized spacial score (nSPS) is 10.3. The second-order valence-corrected chi connectivity index (χ2v) is 4.64. The van der Waals surface area contributed by atoms with Crippen molar-refractivity contribution < 1.29 is 4.79 Å². The summed E-state index contributed by atoms with van der Waals surface area (Å²) < 4.78 is 0. The molecule has 0 aliphatic heterocycles. The molecule has 92 valence electrons. The Hall–Kier alpha value is -1.88. The van der Waals surface area contributed by atoms with E-state index >= 15 is 0 Å². The second-order valence-electron chi connectivity index (χ2n) is 3.61. The van der Waals surface area contributed by atoms with Crippen LogP contribution in [0.25, 0.3) is 0 Å². The summed E-state index contributed by atoms with van der Waals surface area (Å²) in [6, 6.07) is 8.67. The molecule has 2 aromatic rings. The van der Waals surface area contributed by atoms with Crippen molar-refractivity contribution in [3.63, 3.8) is 0 Å². The Labute approximate surface area is 108 Å². The summed E-state index contributed by atoms with van der Waals surface area (Å²) in [5.41, 5.74) is 0.461. The molecule has 0 atom stereocenters. The van der Waals surface area contributed by atoms with E-state index < -0.39 is 0 Å². The van der Waals surface area contributed by atoms with Gasteiger partial charge in [-0.05, 0) is 6.07 Å². The molecule has 0 bridgehead atoms. The molecule has 2 rings (SSSR count). The lowest BCUT2D eigenvalue weighted by atomic mass is 10.1. The monoisotopic (exact) mass is 260 g/mol. The molecular formula is C13H12N2O2S. The van der Waals surface area contributed by atoms with Crippen molar-refractivity contribution >= 4 is 17.5 Å². The summed E-state index contributed by atoms with van der Waals surface area (Å²) in [4.78, 5) is 30.5. The maximum Gasteiger partial charge on any atom is 0.251 e. The maximum absolute atomic E-state index is 11.8. The minimum atomic E-state index is -0.202. The molecule has 18 heavy (non-hydrogen) atoms. The van der Waals surface area contributed by atoms with Crippen LogP contribution in [-0.4, -0.2) is 15.8 Å². The van der Waals surface area contributed by atoms with Gasteiger partial charge in [0.15, 0.2) is 10.9 Å². The average molecular weight is 260 g/mol. The second kappa shape index (κ2) is 5.64. The number of H-pyrrole nitrogens is 1. The molecule has 0 radical (unpaired) electrons. The lowest BCUT2D eigenvalue weighted by molar-refractivity contribution is 0.0985.